The molecule has 6 nitrogen and oxygen atoms in total. The Morgan fingerprint density at radius 1 is 1.10 bits per heavy atom. The number of nitrogens with one attached hydrogen (secondary N) is 1. The molecular weight excluding hydrogens is 517 g/mol. The topological polar surface area (TPSA) is 67.2 Å². The quantitative estimate of drug-likeness (QED) is 0.265. The van der Waals surface area contributed by atoms with E-state index >= 15 is 0 Å². The van der Waals surface area contributed by atoms with Gasteiger partial charge in [-0.1, -0.05) is 36.4 Å². The lowest BCUT2D eigenvalue weighted by molar-refractivity contribution is -0.137. The number of benzene rings is 3. The van der Waals surface area contributed by atoms with Crippen molar-refractivity contribution in [2.45, 2.75) is 31.9 Å². The highest BCUT2D eigenvalue weighted by Gasteiger charge is 2.46. The number of anilines is 3. The predicted molar refractivity (Wildman–Crippen MR) is 149 cm³/mol. The lowest BCUT2D eigenvalue weighted by Gasteiger charge is -2.21. The van der Waals surface area contributed by atoms with Crippen LogP contribution in [0.5, 0.6) is 0 Å². The maximum Gasteiger partial charge on any atom is 0.417 e. The van der Waals surface area contributed by atoms with Crippen LogP contribution in [0, 0.1) is 0 Å². The first-order valence-electron chi connectivity index (χ1n) is 12.6. The van der Waals surface area contributed by atoms with Gasteiger partial charge in [0.1, 0.15) is 0 Å². The van der Waals surface area contributed by atoms with E-state index < -0.39 is 28.6 Å². The average Bonchev–Trinajstić information content (AvgIpc) is 3.42. The van der Waals surface area contributed by atoms with Crippen LogP contribution in [-0.4, -0.2) is 21.6 Å². The van der Waals surface area contributed by atoms with Gasteiger partial charge < -0.3 is 5.32 Å². The van der Waals surface area contributed by atoms with Crippen LogP contribution >= 0.6 is 0 Å². The molecule has 0 unspecified atom stereocenters. The van der Waals surface area contributed by atoms with Gasteiger partial charge in [0.25, 0.3) is 5.91 Å². The molecule has 1 aliphatic heterocycles. The number of allylic oxidation sites excluding steroid dienone is 1. The fourth-order valence-corrected chi connectivity index (χ4v) is 5.14. The third-order valence-corrected chi connectivity index (χ3v) is 7.07. The molecule has 4 aromatic rings. The van der Waals surface area contributed by atoms with Crippen LogP contribution in [0.4, 0.5) is 30.2 Å². The van der Waals surface area contributed by atoms with Crippen molar-refractivity contribution in [3.8, 4) is 11.1 Å². The van der Waals surface area contributed by atoms with Gasteiger partial charge in [-0.05, 0) is 72.9 Å². The summed E-state index contributed by atoms with van der Waals surface area (Å²) in [6.07, 6.45) is 0.928. The van der Waals surface area contributed by atoms with Gasteiger partial charge in [-0.25, -0.2) is 0 Å². The summed E-state index contributed by atoms with van der Waals surface area (Å²) in [5, 5.41) is 6.77. The van der Waals surface area contributed by atoms with Gasteiger partial charge in [-0.3, -0.25) is 19.2 Å². The van der Waals surface area contributed by atoms with Crippen LogP contribution in [0.1, 0.15) is 40.9 Å². The summed E-state index contributed by atoms with van der Waals surface area (Å²) in [5.74, 6) is -1.07. The van der Waals surface area contributed by atoms with E-state index in [4.69, 9.17) is 0 Å². The molecule has 9 heteroatoms. The predicted octanol–water partition coefficient (Wildman–Crippen LogP) is 7.04. The van der Waals surface area contributed by atoms with Gasteiger partial charge in [-0.15, -0.1) is 6.58 Å². The van der Waals surface area contributed by atoms with E-state index in [1.165, 1.54) is 12.1 Å². The van der Waals surface area contributed by atoms with Gasteiger partial charge in [0.2, 0.25) is 5.91 Å². The summed E-state index contributed by atoms with van der Waals surface area (Å²) in [7, 11) is 1.75. The minimum absolute atomic E-state index is 0.187. The number of aromatic nitrogens is 2. The number of hydrogen-bond acceptors (Lipinski definition) is 3. The van der Waals surface area contributed by atoms with Crippen molar-refractivity contribution in [2.24, 2.45) is 7.05 Å². The molecule has 0 saturated heterocycles. The third-order valence-electron chi connectivity index (χ3n) is 7.07. The molecule has 0 saturated carbocycles. The Labute approximate surface area is 229 Å². The first-order valence-corrected chi connectivity index (χ1v) is 12.6. The molecule has 0 radical (unpaired) electrons. The van der Waals surface area contributed by atoms with Crippen LogP contribution in [0.25, 0.3) is 11.1 Å². The van der Waals surface area contributed by atoms with Gasteiger partial charge >= 0.3 is 6.18 Å². The Morgan fingerprint density at radius 2 is 1.82 bits per heavy atom. The summed E-state index contributed by atoms with van der Waals surface area (Å²) < 4.78 is 43.6. The smallest absolute Gasteiger partial charge is 0.322 e. The Balaban J connectivity index is 1.60. The van der Waals surface area contributed by atoms with Crippen LogP contribution in [0.3, 0.4) is 0 Å². The fraction of sp³-hybridized carbons (Fsp3) is 0.194. The number of nitrogens with zero attached hydrogens (tertiary/aromatic N) is 3. The summed E-state index contributed by atoms with van der Waals surface area (Å²) in [6.45, 7) is 7.25. The van der Waals surface area contributed by atoms with Crippen molar-refractivity contribution < 1.29 is 22.8 Å². The second kappa shape index (κ2) is 9.82. The van der Waals surface area contributed by atoms with Crippen molar-refractivity contribution >= 4 is 28.9 Å². The Kier molecular flexibility index (Phi) is 6.61. The molecule has 2 heterocycles. The molecule has 1 aliphatic rings. The van der Waals surface area contributed by atoms with E-state index in [1.54, 1.807) is 91.4 Å². The highest BCUT2D eigenvalue weighted by atomic mass is 19.4. The Hall–Kier alpha value is -4.66. The van der Waals surface area contributed by atoms with Crippen molar-refractivity contribution in [1.82, 2.24) is 9.78 Å². The fourth-order valence-electron chi connectivity index (χ4n) is 5.14. The molecule has 3 aromatic carbocycles. The molecule has 5 rings (SSSR count). The van der Waals surface area contributed by atoms with Crippen molar-refractivity contribution in [3.63, 3.8) is 0 Å². The summed E-state index contributed by atoms with van der Waals surface area (Å²) >= 11 is 0. The second-order valence-corrected chi connectivity index (χ2v) is 10.2. The van der Waals surface area contributed by atoms with Crippen LogP contribution in [0.2, 0.25) is 0 Å². The number of carbonyl (C=O) groups is 2. The number of fused-ring (bicyclic) bond motifs is 1. The molecule has 2 amide bonds. The van der Waals surface area contributed by atoms with E-state index in [-0.39, 0.29) is 5.91 Å². The molecule has 1 aromatic heterocycles. The molecule has 1 N–H and O–H groups in total. The maximum absolute atomic E-state index is 14.0. The maximum atomic E-state index is 14.0. The van der Waals surface area contributed by atoms with E-state index in [9.17, 15) is 22.8 Å². The SMILES string of the molecule is C=CCc1ccc(NC(=O)c2cc(-c3cccc4c3C(C)(C)C(=O)N4c3cnn(C)c3)ccc2C(F)(F)F)cc1. The van der Waals surface area contributed by atoms with E-state index in [2.05, 4.69) is 17.0 Å². The zero-order chi connectivity index (χ0) is 28.8. The normalized spacial score (nSPS) is 14.2. The standard InChI is InChI=1S/C31H27F3N4O2/c1-5-7-19-10-13-21(14-11-19)36-28(39)24-16-20(12-15-25(24)31(32,33)34)23-8-6-9-26-27(23)30(2,3)29(40)38(26)22-17-35-37(4)18-22/h5-6,8-18H,1,7H2,2-4H3,(H,36,39). The summed E-state index contributed by atoms with van der Waals surface area (Å²) in [4.78, 5) is 28.4. The number of halogens is 3. The van der Waals surface area contributed by atoms with Crippen molar-refractivity contribution in [1.29, 1.82) is 0 Å². The Morgan fingerprint density at radius 3 is 2.45 bits per heavy atom. The first-order chi connectivity index (χ1) is 18.9. The van der Waals surface area contributed by atoms with Crippen LogP contribution in [0.15, 0.2) is 85.7 Å². The Bertz CT molecular complexity index is 1640. The minimum atomic E-state index is -4.75. The monoisotopic (exact) mass is 544 g/mol. The van der Waals surface area contributed by atoms with Gasteiger partial charge in [0.05, 0.1) is 34.1 Å². The van der Waals surface area contributed by atoms with Crippen molar-refractivity contribution in [3.05, 3.63) is 108 Å². The molecule has 0 bridgehead atoms. The number of hydrogen-bond donors (Lipinski definition) is 1. The van der Waals surface area contributed by atoms with Crippen LogP contribution in [-0.2, 0) is 29.9 Å². The van der Waals surface area contributed by atoms with E-state index in [1.807, 2.05) is 0 Å². The lowest BCUT2D eigenvalue weighted by atomic mass is 9.81. The molecule has 0 atom stereocenters. The second-order valence-electron chi connectivity index (χ2n) is 10.2. The molecule has 40 heavy (non-hydrogen) atoms. The molecular formula is C31H27F3N4O2. The van der Waals surface area contributed by atoms with E-state index in [0.717, 1.165) is 11.6 Å². The van der Waals surface area contributed by atoms with E-state index in [0.29, 0.717) is 40.2 Å². The van der Waals surface area contributed by atoms with Crippen LogP contribution < -0.4 is 10.2 Å². The largest absolute Gasteiger partial charge is 0.417 e. The zero-order valence-electron chi connectivity index (χ0n) is 22.2. The minimum Gasteiger partial charge on any atom is -0.322 e. The zero-order valence-corrected chi connectivity index (χ0v) is 22.2. The molecule has 0 aliphatic carbocycles. The van der Waals surface area contributed by atoms with Gasteiger partial charge in [0.15, 0.2) is 0 Å². The molecule has 0 fully saturated rings. The first kappa shape index (κ1) is 26.9. The number of carbonyl (C=O) groups excluding carboxylic acids is 2. The summed E-state index contributed by atoms with van der Waals surface area (Å²) in [5.41, 5.74) is 1.61. The van der Waals surface area contributed by atoms with Gasteiger partial charge in [-0.2, -0.15) is 18.3 Å². The lowest BCUT2D eigenvalue weighted by Crippen LogP contribution is -2.33. The average molecular weight is 545 g/mol. The number of aryl methyl sites for hydroxylation is 1. The molecule has 204 valence electrons. The third kappa shape index (κ3) is 4.68. The number of alkyl halides is 3. The summed E-state index contributed by atoms with van der Waals surface area (Å²) in [6, 6.07) is 15.6. The number of amides is 2. The van der Waals surface area contributed by atoms with Crippen molar-refractivity contribution in [2.75, 3.05) is 10.2 Å². The highest BCUT2D eigenvalue weighted by molar-refractivity contribution is 6.14. The number of rotatable bonds is 6. The molecule has 0 spiro atoms. The highest BCUT2D eigenvalue weighted by Crippen LogP contribution is 2.49. The van der Waals surface area contributed by atoms with Gasteiger partial charge in [0, 0.05) is 18.9 Å².